The second kappa shape index (κ2) is 6.76. The maximum Gasteiger partial charge on any atom is -0.00675 e. The topological polar surface area (TPSA) is 0 Å². The predicted octanol–water partition coefficient (Wildman–Crippen LogP) is 4.59. The third kappa shape index (κ3) is 3.49. The molecule has 3 atom stereocenters. The van der Waals surface area contributed by atoms with E-state index in [1.54, 1.807) is 0 Å². The first kappa shape index (κ1) is 12.4. The molecule has 1 aliphatic rings. The van der Waals surface area contributed by atoms with Crippen LogP contribution in [0.4, 0.5) is 0 Å². The summed E-state index contributed by atoms with van der Waals surface area (Å²) in [5.74, 6) is 5.87. The van der Waals surface area contributed by atoms with Gasteiger partial charge in [0.2, 0.25) is 0 Å². The minimum Gasteiger partial charge on any atom is -0.162 e. The standard InChI is InChI=1S/C13H26S/c1-4-7-13-11(3)10-12(13)8-6-9-14-5-2/h11-13H,4-10H2,1-3H3. The lowest BCUT2D eigenvalue weighted by Crippen LogP contribution is -2.34. The molecule has 3 unspecified atom stereocenters. The molecule has 0 aromatic carbocycles. The molecule has 0 nitrogen and oxygen atoms in total. The largest absolute Gasteiger partial charge is 0.162 e. The zero-order chi connectivity index (χ0) is 10.4. The highest BCUT2D eigenvalue weighted by molar-refractivity contribution is 7.99. The Morgan fingerprint density at radius 3 is 2.57 bits per heavy atom. The van der Waals surface area contributed by atoms with Gasteiger partial charge in [-0.2, -0.15) is 11.8 Å². The van der Waals surface area contributed by atoms with Crippen LogP contribution < -0.4 is 0 Å². The van der Waals surface area contributed by atoms with Gasteiger partial charge in [0.05, 0.1) is 0 Å². The molecule has 1 fully saturated rings. The molecule has 0 aromatic rings. The molecular formula is C13H26S. The van der Waals surface area contributed by atoms with Crippen molar-refractivity contribution < 1.29 is 0 Å². The molecule has 0 saturated heterocycles. The Bertz CT molecular complexity index is 144. The van der Waals surface area contributed by atoms with E-state index >= 15 is 0 Å². The molecule has 84 valence electrons. The molecule has 1 rings (SSSR count). The van der Waals surface area contributed by atoms with Crippen molar-refractivity contribution in [2.45, 2.75) is 52.9 Å². The Morgan fingerprint density at radius 1 is 1.21 bits per heavy atom. The first-order valence-corrected chi connectivity index (χ1v) is 7.52. The van der Waals surface area contributed by atoms with E-state index in [-0.39, 0.29) is 0 Å². The van der Waals surface area contributed by atoms with Gasteiger partial charge in [-0.1, -0.05) is 33.6 Å². The Hall–Kier alpha value is 0.350. The van der Waals surface area contributed by atoms with Crippen molar-refractivity contribution in [3.8, 4) is 0 Å². The van der Waals surface area contributed by atoms with Crippen LogP contribution in [0.3, 0.4) is 0 Å². The lowest BCUT2D eigenvalue weighted by molar-refractivity contribution is 0.0688. The summed E-state index contributed by atoms with van der Waals surface area (Å²) in [6.45, 7) is 7.03. The summed E-state index contributed by atoms with van der Waals surface area (Å²) in [5.41, 5.74) is 0. The minimum absolute atomic E-state index is 1.03. The molecule has 0 spiro atoms. The van der Waals surface area contributed by atoms with E-state index in [0.717, 1.165) is 17.8 Å². The summed E-state index contributed by atoms with van der Waals surface area (Å²) >= 11 is 2.10. The zero-order valence-electron chi connectivity index (χ0n) is 10.1. The van der Waals surface area contributed by atoms with E-state index in [4.69, 9.17) is 0 Å². The highest BCUT2D eigenvalue weighted by Crippen LogP contribution is 2.45. The molecular weight excluding hydrogens is 188 g/mol. The highest BCUT2D eigenvalue weighted by atomic mass is 32.2. The first-order valence-electron chi connectivity index (χ1n) is 6.37. The van der Waals surface area contributed by atoms with Crippen molar-refractivity contribution in [3.05, 3.63) is 0 Å². The second-order valence-electron chi connectivity index (χ2n) is 4.76. The van der Waals surface area contributed by atoms with Crippen molar-refractivity contribution in [2.24, 2.45) is 17.8 Å². The van der Waals surface area contributed by atoms with Gasteiger partial charge in [-0.15, -0.1) is 0 Å². The number of rotatable bonds is 7. The van der Waals surface area contributed by atoms with Crippen molar-refractivity contribution in [2.75, 3.05) is 11.5 Å². The normalized spacial score (nSPS) is 31.5. The fourth-order valence-electron chi connectivity index (χ4n) is 2.87. The lowest BCUT2D eigenvalue weighted by Gasteiger charge is -2.43. The molecule has 1 saturated carbocycles. The molecule has 0 aromatic heterocycles. The van der Waals surface area contributed by atoms with Crippen LogP contribution in [-0.2, 0) is 0 Å². The highest BCUT2D eigenvalue weighted by Gasteiger charge is 2.35. The summed E-state index contributed by atoms with van der Waals surface area (Å²) in [6, 6.07) is 0. The number of thioether (sulfide) groups is 1. The fraction of sp³-hybridized carbons (Fsp3) is 1.00. The summed E-state index contributed by atoms with van der Waals surface area (Å²) in [5, 5.41) is 0. The van der Waals surface area contributed by atoms with Crippen molar-refractivity contribution in [3.63, 3.8) is 0 Å². The van der Waals surface area contributed by atoms with Gasteiger partial charge >= 0.3 is 0 Å². The third-order valence-electron chi connectivity index (χ3n) is 3.70. The minimum atomic E-state index is 1.03. The molecule has 0 N–H and O–H groups in total. The van der Waals surface area contributed by atoms with Gasteiger partial charge in [0.25, 0.3) is 0 Å². The molecule has 1 heteroatoms. The summed E-state index contributed by atoms with van der Waals surface area (Å²) in [4.78, 5) is 0. The first-order chi connectivity index (χ1) is 6.79. The van der Waals surface area contributed by atoms with Gasteiger partial charge in [-0.3, -0.25) is 0 Å². The average Bonchev–Trinajstić information content (AvgIpc) is 2.19. The lowest BCUT2D eigenvalue weighted by atomic mass is 9.62. The molecule has 14 heavy (non-hydrogen) atoms. The van der Waals surface area contributed by atoms with Gasteiger partial charge in [-0.05, 0) is 48.5 Å². The summed E-state index contributed by atoms with van der Waals surface area (Å²) < 4.78 is 0. The van der Waals surface area contributed by atoms with Crippen LogP contribution in [0.15, 0.2) is 0 Å². The van der Waals surface area contributed by atoms with E-state index in [2.05, 4.69) is 32.5 Å². The maximum atomic E-state index is 2.44. The summed E-state index contributed by atoms with van der Waals surface area (Å²) in [7, 11) is 0. The Labute approximate surface area is 94.2 Å². The van der Waals surface area contributed by atoms with Crippen molar-refractivity contribution in [1.29, 1.82) is 0 Å². The molecule has 1 aliphatic carbocycles. The third-order valence-corrected chi connectivity index (χ3v) is 4.69. The van der Waals surface area contributed by atoms with Crippen LogP contribution in [0.1, 0.15) is 52.9 Å². The van der Waals surface area contributed by atoms with Gasteiger partial charge in [0, 0.05) is 0 Å². The molecule has 0 heterocycles. The smallest absolute Gasteiger partial charge is 0.00675 e. The Morgan fingerprint density at radius 2 is 2.00 bits per heavy atom. The Balaban J connectivity index is 2.06. The second-order valence-corrected chi connectivity index (χ2v) is 6.16. The monoisotopic (exact) mass is 214 g/mol. The molecule has 0 aliphatic heterocycles. The molecule has 0 radical (unpaired) electrons. The van der Waals surface area contributed by atoms with Crippen LogP contribution in [-0.4, -0.2) is 11.5 Å². The van der Waals surface area contributed by atoms with E-state index in [9.17, 15) is 0 Å². The van der Waals surface area contributed by atoms with E-state index in [1.807, 2.05) is 0 Å². The quantitative estimate of drug-likeness (QED) is 0.558. The zero-order valence-corrected chi connectivity index (χ0v) is 10.9. The van der Waals surface area contributed by atoms with E-state index < -0.39 is 0 Å². The van der Waals surface area contributed by atoms with Gasteiger partial charge in [-0.25, -0.2) is 0 Å². The Kier molecular flexibility index (Phi) is 6.00. The number of hydrogen-bond donors (Lipinski definition) is 0. The summed E-state index contributed by atoms with van der Waals surface area (Å²) in [6.07, 6.45) is 7.33. The van der Waals surface area contributed by atoms with Crippen LogP contribution in [0.2, 0.25) is 0 Å². The fourth-order valence-corrected chi connectivity index (χ4v) is 3.53. The van der Waals surface area contributed by atoms with E-state index in [1.165, 1.54) is 43.6 Å². The predicted molar refractivity (Wildman–Crippen MR) is 67.9 cm³/mol. The van der Waals surface area contributed by atoms with Crippen LogP contribution in [0.25, 0.3) is 0 Å². The maximum absolute atomic E-state index is 2.44. The molecule has 0 amide bonds. The van der Waals surface area contributed by atoms with Crippen LogP contribution in [0.5, 0.6) is 0 Å². The van der Waals surface area contributed by atoms with Gasteiger partial charge in [0.1, 0.15) is 0 Å². The average molecular weight is 214 g/mol. The van der Waals surface area contributed by atoms with Gasteiger partial charge in [0.15, 0.2) is 0 Å². The molecule has 0 bridgehead atoms. The van der Waals surface area contributed by atoms with E-state index in [0.29, 0.717) is 0 Å². The van der Waals surface area contributed by atoms with Crippen molar-refractivity contribution in [1.82, 2.24) is 0 Å². The number of hydrogen-bond acceptors (Lipinski definition) is 1. The van der Waals surface area contributed by atoms with Gasteiger partial charge < -0.3 is 0 Å². The van der Waals surface area contributed by atoms with Crippen molar-refractivity contribution >= 4 is 11.8 Å². The van der Waals surface area contributed by atoms with Crippen LogP contribution >= 0.6 is 11.8 Å². The van der Waals surface area contributed by atoms with Crippen LogP contribution in [0, 0.1) is 17.8 Å². The SMILES string of the molecule is CCCC1C(C)CC1CCCSCC.